The number of rotatable bonds is 10. The topological polar surface area (TPSA) is 47.6 Å². The third kappa shape index (κ3) is 7.21. The molecule has 2 aromatic carbocycles. The van der Waals surface area contributed by atoms with Gasteiger partial charge in [-0.1, -0.05) is 59.8 Å². The number of anilines is 1. The van der Waals surface area contributed by atoms with Crippen molar-refractivity contribution < 1.29 is 14.3 Å². The van der Waals surface area contributed by atoms with Gasteiger partial charge in [0.2, 0.25) is 5.91 Å². The van der Waals surface area contributed by atoms with Crippen LogP contribution in [0, 0.1) is 0 Å². The molecule has 0 heterocycles. The number of carbonyl (C=O) groups is 1. The molecular formula is C22H25BrClNO3. The first-order valence-corrected chi connectivity index (χ1v) is 10.5. The maximum absolute atomic E-state index is 12.1. The molecule has 4 nitrogen and oxygen atoms in total. The predicted octanol–water partition coefficient (Wildman–Crippen LogP) is 6.72. The molecule has 1 N–H and O–H groups in total. The molecule has 0 fully saturated rings. The normalized spacial score (nSPS) is 10.9. The second kappa shape index (κ2) is 11.8. The van der Waals surface area contributed by atoms with E-state index in [1.165, 1.54) is 18.9 Å². The quantitative estimate of drug-likeness (QED) is 0.312. The second-order valence-electron chi connectivity index (χ2n) is 6.27. The van der Waals surface area contributed by atoms with Crippen molar-refractivity contribution in [1.82, 2.24) is 0 Å². The largest absolute Gasteiger partial charge is 0.493 e. The van der Waals surface area contributed by atoms with Crippen molar-refractivity contribution in [3.8, 4) is 11.5 Å². The summed E-state index contributed by atoms with van der Waals surface area (Å²) in [5.74, 6) is 1.09. The Hall–Kier alpha value is -1.98. The Balaban J connectivity index is 1.96. The van der Waals surface area contributed by atoms with Gasteiger partial charge in [0.1, 0.15) is 0 Å². The summed E-state index contributed by atoms with van der Waals surface area (Å²) in [5, 5.41) is 3.23. The first-order chi connectivity index (χ1) is 13.5. The van der Waals surface area contributed by atoms with Crippen molar-refractivity contribution in [3.63, 3.8) is 0 Å². The zero-order valence-corrected chi connectivity index (χ0v) is 18.5. The van der Waals surface area contributed by atoms with E-state index in [0.717, 1.165) is 22.9 Å². The van der Waals surface area contributed by atoms with Gasteiger partial charge in [-0.2, -0.15) is 0 Å². The standard InChI is InChI=1S/C22H25BrClNO3/c1-3-4-5-6-13-28-20-11-7-16(14-21(20)27-2)8-12-22(26)25-19-10-9-17(23)15-18(19)24/h7-12,14-15H,3-6,13H2,1-2H3,(H,25,26)/b12-8+. The average molecular weight is 467 g/mol. The van der Waals surface area contributed by atoms with Gasteiger partial charge in [-0.05, 0) is 48.4 Å². The van der Waals surface area contributed by atoms with E-state index in [0.29, 0.717) is 28.8 Å². The molecule has 0 aliphatic rings. The van der Waals surface area contributed by atoms with Crippen molar-refractivity contribution in [2.24, 2.45) is 0 Å². The minimum absolute atomic E-state index is 0.264. The Morgan fingerprint density at radius 3 is 2.68 bits per heavy atom. The molecule has 0 radical (unpaired) electrons. The fourth-order valence-electron chi connectivity index (χ4n) is 2.56. The highest BCUT2D eigenvalue weighted by atomic mass is 79.9. The van der Waals surface area contributed by atoms with Crippen molar-refractivity contribution in [3.05, 3.63) is 57.5 Å². The number of hydrogen-bond acceptors (Lipinski definition) is 3. The van der Waals surface area contributed by atoms with Gasteiger partial charge in [0.05, 0.1) is 24.4 Å². The Bertz CT molecular complexity index is 823. The van der Waals surface area contributed by atoms with Crippen LogP contribution >= 0.6 is 27.5 Å². The predicted molar refractivity (Wildman–Crippen MR) is 119 cm³/mol. The lowest BCUT2D eigenvalue weighted by atomic mass is 10.2. The Labute approximate surface area is 180 Å². The minimum Gasteiger partial charge on any atom is -0.493 e. The molecular weight excluding hydrogens is 442 g/mol. The van der Waals surface area contributed by atoms with Crippen molar-refractivity contribution in [1.29, 1.82) is 0 Å². The number of methoxy groups -OCH3 is 1. The molecule has 28 heavy (non-hydrogen) atoms. The van der Waals surface area contributed by atoms with E-state index in [4.69, 9.17) is 21.1 Å². The lowest BCUT2D eigenvalue weighted by Gasteiger charge is -2.11. The van der Waals surface area contributed by atoms with Crippen LogP contribution < -0.4 is 14.8 Å². The summed E-state index contributed by atoms with van der Waals surface area (Å²) in [7, 11) is 1.61. The number of halogens is 2. The minimum atomic E-state index is -0.264. The SMILES string of the molecule is CCCCCCOc1ccc(/C=C/C(=O)Nc2ccc(Br)cc2Cl)cc1OC. The van der Waals surface area contributed by atoms with Gasteiger partial charge in [-0.15, -0.1) is 0 Å². The van der Waals surface area contributed by atoms with Gasteiger partial charge in [0, 0.05) is 10.5 Å². The maximum Gasteiger partial charge on any atom is 0.248 e. The zero-order chi connectivity index (χ0) is 20.4. The zero-order valence-electron chi connectivity index (χ0n) is 16.1. The number of benzene rings is 2. The molecule has 0 aliphatic carbocycles. The Kier molecular flexibility index (Phi) is 9.38. The van der Waals surface area contributed by atoms with Crippen LogP contribution in [0.2, 0.25) is 5.02 Å². The van der Waals surface area contributed by atoms with Crippen molar-refractivity contribution in [2.75, 3.05) is 19.0 Å². The van der Waals surface area contributed by atoms with Crippen molar-refractivity contribution in [2.45, 2.75) is 32.6 Å². The summed E-state index contributed by atoms with van der Waals surface area (Å²) >= 11 is 9.45. The van der Waals surface area contributed by atoms with Gasteiger partial charge in [-0.25, -0.2) is 0 Å². The van der Waals surface area contributed by atoms with Crippen LogP contribution in [-0.2, 0) is 4.79 Å². The molecule has 2 rings (SSSR count). The fourth-order valence-corrected chi connectivity index (χ4v) is 3.28. The maximum atomic E-state index is 12.1. The van der Waals surface area contributed by atoms with Gasteiger partial charge in [0.15, 0.2) is 11.5 Å². The molecule has 0 spiro atoms. The molecule has 0 saturated carbocycles. The van der Waals surface area contributed by atoms with Gasteiger partial charge in [-0.3, -0.25) is 4.79 Å². The molecule has 0 bridgehead atoms. The number of ether oxygens (including phenoxy) is 2. The highest BCUT2D eigenvalue weighted by Gasteiger charge is 2.06. The second-order valence-corrected chi connectivity index (χ2v) is 7.59. The molecule has 0 atom stereocenters. The Morgan fingerprint density at radius 2 is 1.96 bits per heavy atom. The number of unbranched alkanes of at least 4 members (excludes halogenated alkanes) is 3. The fraction of sp³-hybridized carbons (Fsp3) is 0.318. The third-order valence-corrected chi connectivity index (χ3v) is 4.87. The van der Waals surface area contributed by atoms with Crippen LogP contribution in [0.15, 0.2) is 46.9 Å². The summed E-state index contributed by atoms with van der Waals surface area (Å²) in [5.41, 5.74) is 1.40. The molecule has 1 amide bonds. The van der Waals surface area contributed by atoms with E-state index in [1.807, 2.05) is 24.3 Å². The number of hydrogen-bond donors (Lipinski definition) is 1. The summed E-state index contributed by atoms with van der Waals surface area (Å²) in [6, 6.07) is 10.9. The summed E-state index contributed by atoms with van der Waals surface area (Å²) < 4.78 is 12.1. The molecule has 2 aromatic rings. The molecule has 0 unspecified atom stereocenters. The summed E-state index contributed by atoms with van der Waals surface area (Å²) in [4.78, 5) is 12.1. The van der Waals surface area contributed by atoms with E-state index < -0.39 is 0 Å². The number of nitrogens with one attached hydrogen (secondary N) is 1. The summed E-state index contributed by atoms with van der Waals surface area (Å²) in [6.45, 7) is 2.85. The van der Waals surface area contributed by atoms with Gasteiger partial charge in [0.25, 0.3) is 0 Å². The lowest BCUT2D eigenvalue weighted by Crippen LogP contribution is -2.08. The van der Waals surface area contributed by atoms with Crippen LogP contribution in [-0.4, -0.2) is 19.6 Å². The van der Waals surface area contributed by atoms with Crippen molar-refractivity contribution >= 4 is 45.2 Å². The molecule has 6 heteroatoms. The third-order valence-electron chi connectivity index (χ3n) is 4.06. The molecule has 150 valence electrons. The average Bonchev–Trinajstić information content (AvgIpc) is 2.69. The summed E-state index contributed by atoms with van der Waals surface area (Å²) in [6.07, 6.45) is 7.78. The van der Waals surface area contributed by atoms with Gasteiger partial charge >= 0.3 is 0 Å². The highest BCUT2D eigenvalue weighted by Crippen LogP contribution is 2.29. The van der Waals surface area contributed by atoms with E-state index >= 15 is 0 Å². The van der Waals surface area contributed by atoms with E-state index in [1.54, 1.807) is 25.3 Å². The first kappa shape index (κ1) is 22.3. The molecule has 0 aliphatic heterocycles. The smallest absolute Gasteiger partial charge is 0.248 e. The van der Waals surface area contributed by atoms with Crippen LogP contribution in [0.4, 0.5) is 5.69 Å². The molecule has 0 aromatic heterocycles. The van der Waals surface area contributed by atoms with Crippen LogP contribution in [0.1, 0.15) is 38.2 Å². The van der Waals surface area contributed by atoms with Gasteiger partial charge < -0.3 is 14.8 Å². The van der Waals surface area contributed by atoms with Crippen LogP contribution in [0.25, 0.3) is 6.08 Å². The van der Waals surface area contributed by atoms with E-state index in [2.05, 4.69) is 28.2 Å². The number of amides is 1. The van der Waals surface area contributed by atoms with E-state index in [9.17, 15) is 4.79 Å². The number of carbonyl (C=O) groups excluding carboxylic acids is 1. The van der Waals surface area contributed by atoms with Crippen LogP contribution in [0.3, 0.4) is 0 Å². The first-order valence-electron chi connectivity index (χ1n) is 9.28. The highest BCUT2D eigenvalue weighted by molar-refractivity contribution is 9.10. The van der Waals surface area contributed by atoms with Crippen LogP contribution in [0.5, 0.6) is 11.5 Å². The lowest BCUT2D eigenvalue weighted by molar-refractivity contribution is -0.111. The monoisotopic (exact) mass is 465 g/mol. The Morgan fingerprint density at radius 1 is 1.14 bits per heavy atom. The van der Waals surface area contributed by atoms with E-state index in [-0.39, 0.29) is 5.91 Å². The molecule has 0 saturated heterocycles.